The van der Waals surface area contributed by atoms with E-state index in [1.807, 2.05) is 91.0 Å². The summed E-state index contributed by atoms with van der Waals surface area (Å²) in [6.07, 6.45) is 0. The van der Waals surface area contributed by atoms with Gasteiger partial charge in [0.1, 0.15) is 0 Å². The van der Waals surface area contributed by atoms with Crippen LogP contribution in [0.15, 0.2) is 170 Å². The van der Waals surface area contributed by atoms with Crippen molar-refractivity contribution in [2.24, 2.45) is 0 Å². The lowest BCUT2D eigenvalue weighted by atomic mass is 9.79. The van der Waals surface area contributed by atoms with Crippen LogP contribution in [0.25, 0.3) is 111 Å². The lowest BCUT2D eigenvalue weighted by molar-refractivity contribution is 0.568. The van der Waals surface area contributed by atoms with E-state index < -0.39 is 0 Å². The molecule has 10 nitrogen and oxygen atoms in total. The highest BCUT2D eigenvalue weighted by atomic mass is 15.1. The zero-order valence-corrected chi connectivity index (χ0v) is 51.6. The molecule has 0 N–H and O–H groups in total. The zero-order valence-electron chi connectivity index (χ0n) is 51.6. The van der Waals surface area contributed by atoms with Crippen LogP contribution in [0.5, 0.6) is 0 Å². The van der Waals surface area contributed by atoms with Gasteiger partial charge in [0.15, 0.2) is 17.5 Å². The highest BCUT2D eigenvalue weighted by molar-refractivity contribution is 6.12. The molecule has 0 spiro atoms. The predicted molar refractivity (Wildman–Crippen MR) is 354 cm³/mol. The molecule has 3 heterocycles. The molecule has 0 fully saturated rings. The van der Waals surface area contributed by atoms with Gasteiger partial charge in [-0.15, -0.1) is 0 Å². The van der Waals surface area contributed by atoms with Gasteiger partial charge in [-0.3, -0.25) is 0 Å². The van der Waals surface area contributed by atoms with E-state index in [1.165, 1.54) is 0 Å². The Hall–Kier alpha value is -11.0. The lowest BCUT2D eigenvalue weighted by Gasteiger charge is -2.26. The number of benzene rings is 9. The Labute approximate surface area is 514 Å². The van der Waals surface area contributed by atoms with Crippen molar-refractivity contribution in [1.29, 1.82) is 26.3 Å². The van der Waals surface area contributed by atoms with Gasteiger partial charge in [-0.05, 0) is 194 Å². The summed E-state index contributed by atoms with van der Waals surface area (Å²) in [6.45, 7) is 26.8. The second-order valence-electron chi connectivity index (χ2n) is 27.1. The van der Waals surface area contributed by atoms with E-state index in [-0.39, 0.29) is 21.7 Å². The highest BCUT2D eigenvalue weighted by Crippen LogP contribution is 2.44. The summed E-state index contributed by atoms with van der Waals surface area (Å²) in [5.41, 5.74) is 16.8. The average molecular weight is 1140 g/mol. The zero-order chi connectivity index (χ0) is 62.4. The molecule has 3 aromatic heterocycles. The summed E-state index contributed by atoms with van der Waals surface area (Å²) in [5, 5.41) is 54.5. The number of fused-ring (bicyclic) bond motifs is 6. The standard InChI is InChI=1S/C78H64N10/c1-75(2,3)56-33-54(34-57(39-56)76(4,5)6)72-84-73(55-35-58(77(7,8)9)40-59(36-55)78(10,11)12)86-74(85-72)65-38-53(21-27-71(65)88-69-24-18-49(44-82)31-63(69)64-32-50(45-83)19-25-70(64)88)60-37-52(51-15-13-14-46(28-51)41-79)20-26-66(60)87-67-22-16-47(42-80)29-61(67)62-30-48(43-81)17-23-68(62)87/h13-40H,1-12H3. The van der Waals surface area contributed by atoms with E-state index in [0.717, 1.165) is 111 Å². The molecule has 0 amide bonds. The summed E-state index contributed by atoms with van der Waals surface area (Å²) in [5.74, 6) is 1.42. The highest BCUT2D eigenvalue weighted by Gasteiger charge is 2.28. The fraction of sp³-hybridized carbons (Fsp3) is 0.205. The largest absolute Gasteiger partial charge is 0.309 e. The van der Waals surface area contributed by atoms with Crippen LogP contribution in [0, 0.1) is 56.7 Å². The molecule has 426 valence electrons. The fourth-order valence-electron chi connectivity index (χ4n) is 11.8. The van der Waals surface area contributed by atoms with Crippen molar-refractivity contribution in [2.75, 3.05) is 0 Å². The molecular weight excluding hydrogens is 1080 g/mol. The average Bonchev–Trinajstić information content (AvgIpc) is 1.55. The summed E-state index contributed by atoms with van der Waals surface area (Å²) >= 11 is 0. The first-order chi connectivity index (χ1) is 41.8. The smallest absolute Gasteiger partial charge is 0.166 e. The molecule has 10 heteroatoms. The summed E-state index contributed by atoms with van der Waals surface area (Å²) in [4.78, 5) is 16.9. The Balaban J connectivity index is 1.25. The molecule has 12 aromatic rings. The maximum Gasteiger partial charge on any atom is 0.166 e. The Morgan fingerprint density at radius 2 is 0.602 bits per heavy atom. The van der Waals surface area contributed by atoms with Gasteiger partial charge in [0, 0.05) is 43.8 Å². The lowest BCUT2D eigenvalue weighted by Crippen LogP contribution is -2.17. The first-order valence-electron chi connectivity index (χ1n) is 29.5. The summed E-state index contributed by atoms with van der Waals surface area (Å²) in [6, 6.07) is 68.2. The van der Waals surface area contributed by atoms with Crippen LogP contribution in [0.3, 0.4) is 0 Å². The minimum atomic E-state index is -0.221. The van der Waals surface area contributed by atoms with Crippen molar-refractivity contribution in [3.63, 3.8) is 0 Å². The van der Waals surface area contributed by atoms with E-state index in [0.29, 0.717) is 50.9 Å². The van der Waals surface area contributed by atoms with Gasteiger partial charge in [-0.25, -0.2) is 15.0 Å². The monoisotopic (exact) mass is 1140 g/mol. The number of hydrogen-bond acceptors (Lipinski definition) is 8. The van der Waals surface area contributed by atoms with Crippen molar-refractivity contribution in [2.45, 2.75) is 105 Å². The maximum atomic E-state index is 10.3. The van der Waals surface area contributed by atoms with Crippen LogP contribution in [0.1, 0.15) is 133 Å². The van der Waals surface area contributed by atoms with E-state index >= 15 is 0 Å². The predicted octanol–water partition coefficient (Wildman–Crippen LogP) is 18.9. The molecule has 0 atom stereocenters. The molecule has 0 radical (unpaired) electrons. The van der Waals surface area contributed by atoms with Crippen LogP contribution in [0.4, 0.5) is 0 Å². The van der Waals surface area contributed by atoms with Crippen LogP contribution in [-0.4, -0.2) is 24.1 Å². The number of nitriles is 5. The van der Waals surface area contributed by atoms with Crippen LogP contribution >= 0.6 is 0 Å². The second-order valence-corrected chi connectivity index (χ2v) is 27.1. The Morgan fingerprint density at radius 3 is 0.966 bits per heavy atom. The topological polar surface area (TPSA) is 167 Å². The molecule has 0 unspecified atom stereocenters. The van der Waals surface area contributed by atoms with Crippen molar-refractivity contribution >= 4 is 43.6 Å². The van der Waals surface area contributed by atoms with Gasteiger partial charge >= 0.3 is 0 Å². The van der Waals surface area contributed by atoms with Crippen LogP contribution < -0.4 is 0 Å². The molecule has 0 bridgehead atoms. The van der Waals surface area contributed by atoms with E-state index in [4.69, 9.17) is 15.0 Å². The molecular formula is C78H64N10. The van der Waals surface area contributed by atoms with Crippen molar-refractivity contribution in [1.82, 2.24) is 24.1 Å². The van der Waals surface area contributed by atoms with Crippen LogP contribution in [0.2, 0.25) is 0 Å². The third kappa shape index (κ3) is 10.4. The Kier molecular flexibility index (Phi) is 13.9. The minimum Gasteiger partial charge on any atom is -0.309 e. The third-order valence-electron chi connectivity index (χ3n) is 16.9. The second kappa shape index (κ2) is 21.2. The normalized spacial score (nSPS) is 12.0. The van der Waals surface area contributed by atoms with Gasteiger partial charge in [-0.2, -0.15) is 26.3 Å². The molecule has 9 aromatic carbocycles. The van der Waals surface area contributed by atoms with Gasteiger partial charge in [0.2, 0.25) is 0 Å². The number of nitrogens with zero attached hydrogens (tertiary/aromatic N) is 10. The van der Waals surface area contributed by atoms with E-state index in [2.05, 4.69) is 195 Å². The molecule has 12 rings (SSSR count). The van der Waals surface area contributed by atoms with Crippen molar-refractivity contribution in [3.05, 3.63) is 220 Å². The maximum absolute atomic E-state index is 10.3. The SMILES string of the molecule is CC(C)(C)c1cc(-c2nc(-c3cc(C(C)(C)C)cc(C(C)(C)C)c3)nc(-c3cc(-c4cc(-c5cccc(C#N)c5)ccc4-n4c5ccc(C#N)cc5c5cc(C#N)ccc54)ccc3-n3c4ccc(C#N)cc4c4cc(C#N)ccc43)n2)cc(C(C)(C)C)c1. The van der Waals surface area contributed by atoms with Gasteiger partial charge < -0.3 is 9.13 Å². The molecule has 0 aliphatic heterocycles. The van der Waals surface area contributed by atoms with E-state index in [1.54, 1.807) is 6.07 Å². The molecule has 0 aliphatic carbocycles. The first kappa shape index (κ1) is 57.5. The summed E-state index contributed by atoms with van der Waals surface area (Å²) in [7, 11) is 0. The van der Waals surface area contributed by atoms with E-state index in [9.17, 15) is 26.3 Å². The van der Waals surface area contributed by atoms with Crippen molar-refractivity contribution < 1.29 is 0 Å². The minimum absolute atomic E-state index is 0.221. The van der Waals surface area contributed by atoms with Gasteiger partial charge in [0.25, 0.3) is 0 Å². The fourth-order valence-corrected chi connectivity index (χ4v) is 11.8. The van der Waals surface area contributed by atoms with Crippen molar-refractivity contribution in [3.8, 4) is 98.1 Å². The number of rotatable bonds is 7. The number of aromatic nitrogens is 5. The molecule has 0 saturated heterocycles. The van der Waals surface area contributed by atoms with Gasteiger partial charge in [-0.1, -0.05) is 119 Å². The first-order valence-corrected chi connectivity index (χ1v) is 29.5. The molecule has 0 aliphatic rings. The van der Waals surface area contributed by atoms with Gasteiger partial charge in [0.05, 0.1) is 91.6 Å². The quantitative estimate of drug-likeness (QED) is 0.152. The number of hydrogen-bond donors (Lipinski definition) is 0. The summed E-state index contributed by atoms with van der Waals surface area (Å²) < 4.78 is 4.38. The molecule has 88 heavy (non-hydrogen) atoms. The Bertz CT molecular complexity index is 4840. The third-order valence-corrected chi connectivity index (χ3v) is 16.9. The molecule has 0 saturated carbocycles. The Morgan fingerprint density at radius 1 is 0.284 bits per heavy atom. The van der Waals surface area contributed by atoms with Crippen LogP contribution in [-0.2, 0) is 21.7 Å².